The number of fused-ring (bicyclic) bond motifs is 2. The van der Waals surface area contributed by atoms with Crippen LogP contribution in [0.15, 0.2) is 47.3 Å². The monoisotopic (exact) mass is 350 g/mol. The predicted molar refractivity (Wildman–Crippen MR) is 99.2 cm³/mol. The third-order valence-corrected chi connectivity index (χ3v) is 4.25. The van der Waals surface area contributed by atoms with Crippen LogP contribution in [0, 0.1) is 0 Å². The van der Waals surface area contributed by atoms with Crippen molar-refractivity contribution < 1.29 is 14.6 Å². The number of hydrogen-bond donors (Lipinski definition) is 1. The van der Waals surface area contributed by atoms with E-state index in [1.54, 1.807) is 10.6 Å². The zero-order valence-corrected chi connectivity index (χ0v) is 14.1. The largest absolute Gasteiger partial charge is 0.454 e. The van der Waals surface area contributed by atoms with Crippen LogP contribution >= 0.6 is 0 Å². The van der Waals surface area contributed by atoms with Crippen LogP contribution in [-0.4, -0.2) is 28.1 Å². The van der Waals surface area contributed by atoms with Crippen molar-refractivity contribution in [2.45, 2.75) is 13.0 Å². The van der Waals surface area contributed by atoms with Gasteiger partial charge in [-0.05, 0) is 42.3 Å². The highest BCUT2D eigenvalue weighted by Gasteiger charge is 2.13. The number of aliphatic hydroxyl groups is 1. The van der Waals surface area contributed by atoms with Crippen LogP contribution in [0.25, 0.3) is 23.1 Å². The molecule has 6 nitrogen and oxygen atoms in total. The summed E-state index contributed by atoms with van der Waals surface area (Å²) in [5.41, 5.74) is 1.47. The van der Waals surface area contributed by atoms with Crippen LogP contribution in [-0.2, 0) is 6.54 Å². The van der Waals surface area contributed by atoms with Crippen molar-refractivity contribution in [3.63, 3.8) is 0 Å². The molecule has 0 atom stereocenters. The molecule has 6 heteroatoms. The average molecular weight is 350 g/mol. The Morgan fingerprint density at radius 3 is 2.85 bits per heavy atom. The lowest BCUT2D eigenvalue weighted by Crippen LogP contribution is -2.24. The summed E-state index contributed by atoms with van der Waals surface area (Å²) >= 11 is 0. The number of aliphatic hydroxyl groups excluding tert-OH is 1. The topological polar surface area (TPSA) is 73.6 Å². The Morgan fingerprint density at radius 1 is 1.12 bits per heavy atom. The molecule has 0 saturated heterocycles. The van der Waals surface area contributed by atoms with Gasteiger partial charge in [0.2, 0.25) is 6.79 Å². The lowest BCUT2D eigenvalue weighted by atomic mass is 10.2. The maximum atomic E-state index is 12.8. The quantitative estimate of drug-likeness (QED) is 0.766. The maximum absolute atomic E-state index is 12.8. The first kappa shape index (κ1) is 16.4. The van der Waals surface area contributed by atoms with E-state index in [1.165, 1.54) is 0 Å². The predicted octanol–water partition coefficient (Wildman–Crippen LogP) is 2.68. The first-order chi connectivity index (χ1) is 12.8. The van der Waals surface area contributed by atoms with E-state index in [1.807, 2.05) is 48.6 Å². The molecule has 1 aromatic heterocycles. The second-order valence-electron chi connectivity index (χ2n) is 5.97. The summed E-state index contributed by atoms with van der Waals surface area (Å²) in [6, 6.07) is 12.9. The Morgan fingerprint density at radius 2 is 1.96 bits per heavy atom. The molecule has 0 saturated carbocycles. The highest BCUT2D eigenvalue weighted by atomic mass is 16.7. The van der Waals surface area contributed by atoms with E-state index < -0.39 is 0 Å². The van der Waals surface area contributed by atoms with Gasteiger partial charge >= 0.3 is 0 Å². The Labute approximate surface area is 149 Å². The van der Waals surface area contributed by atoms with Gasteiger partial charge in [-0.1, -0.05) is 24.3 Å². The molecule has 0 amide bonds. The highest BCUT2D eigenvalue weighted by Crippen LogP contribution is 2.32. The van der Waals surface area contributed by atoms with Crippen LogP contribution in [0.1, 0.15) is 17.8 Å². The summed E-state index contributed by atoms with van der Waals surface area (Å²) in [6.45, 7) is 0.661. The van der Waals surface area contributed by atoms with Gasteiger partial charge in [0.25, 0.3) is 5.56 Å². The van der Waals surface area contributed by atoms with Crippen LogP contribution in [0.2, 0.25) is 0 Å². The van der Waals surface area contributed by atoms with Gasteiger partial charge < -0.3 is 14.6 Å². The van der Waals surface area contributed by atoms with Gasteiger partial charge in [-0.15, -0.1) is 0 Å². The normalized spacial score (nSPS) is 13.0. The molecule has 2 aromatic carbocycles. The van der Waals surface area contributed by atoms with Crippen LogP contribution in [0.5, 0.6) is 11.5 Å². The summed E-state index contributed by atoms with van der Waals surface area (Å²) in [5.74, 6) is 1.99. The molecule has 1 aliphatic rings. The van der Waals surface area contributed by atoms with Gasteiger partial charge in [-0.2, -0.15) is 0 Å². The molecule has 0 radical (unpaired) electrons. The van der Waals surface area contributed by atoms with Gasteiger partial charge in [0.05, 0.1) is 10.9 Å². The lowest BCUT2D eigenvalue weighted by molar-refractivity contribution is 0.174. The molecule has 1 N–H and O–H groups in total. The molecular weight excluding hydrogens is 332 g/mol. The number of rotatable bonds is 5. The van der Waals surface area contributed by atoms with Crippen molar-refractivity contribution in [3.8, 4) is 11.5 Å². The van der Waals surface area contributed by atoms with Crippen molar-refractivity contribution in [2.24, 2.45) is 0 Å². The minimum absolute atomic E-state index is 0.0184. The summed E-state index contributed by atoms with van der Waals surface area (Å²) in [4.78, 5) is 17.4. The second-order valence-corrected chi connectivity index (χ2v) is 5.97. The molecule has 1 aliphatic heterocycles. The van der Waals surface area contributed by atoms with E-state index in [0.29, 0.717) is 35.4 Å². The third kappa shape index (κ3) is 3.07. The first-order valence-electron chi connectivity index (χ1n) is 8.44. The second kappa shape index (κ2) is 7.01. The highest BCUT2D eigenvalue weighted by molar-refractivity contribution is 5.79. The molecule has 26 heavy (non-hydrogen) atoms. The molecule has 132 valence electrons. The minimum Gasteiger partial charge on any atom is -0.454 e. The Kier molecular flexibility index (Phi) is 4.41. The van der Waals surface area contributed by atoms with Gasteiger partial charge in [0.1, 0.15) is 5.82 Å². The fraction of sp³-hybridized carbons (Fsp3) is 0.200. The van der Waals surface area contributed by atoms with Crippen LogP contribution < -0.4 is 15.0 Å². The van der Waals surface area contributed by atoms with Crippen molar-refractivity contribution in [1.29, 1.82) is 0 Å². The van der Waals surface area contributed by atoms with Crippen molar-refractivity contribution in [1.82, 2.24) is 9.55 Å². The zero-order valence-electron chi connectivity index (χ0n) is 14.1. The molecule has 3 aromatic rings. The van der Waals surface area contributed by atoms with E-state index in [4.69, 9.17) is 14.6 Å². The number of nitrogens with zero attached hydrogens (tertiary/aromatic N) is 2. The van der Waals surface area contributed by atoms with E-state index in [9.17, 15) is 4.79 Å². The molecule has 0 unspecified atom stereocenters. The lowest BCUT2D eigenvalue weighted by Gasteiger charge is -2.10. The van der Waals surface area contributed by atoms with E-state index in [2.05, 4.69) is 4.98 Å². The molecule has 0 spiro atoms. The van der Waals surface area contributed by atoms with Crippen LogP contribution in [0.4, 0.5) is 0 Å². The summed E-state index contributed by atoms with van der Waals surface area (Å²) < 4.78 is 12.3. The number of ether oxygens (including phenoxy) is 2. The Hall–Kier alpha value is -3.12. The van der Waals surface area contributed by atoms with E-state index in [0.717, 1.165) is 11.3 Å². The molecule has 0 bridgehead atoms. The molecule has 0 fully saturated rings. The molecule has 0 aliphatic carbocycles. The minimum atomic E-state index is -0.102. The average Bonchev–Trinajstić information content (AvgIpc) is 3.14. The van der Waals surface area contributed by atoms with E-state index >= 15 is 0 Å². The number of hydrogen-bond acceptors (Lipinski definition) is 5. The van der Waals surface area contributed by atoms with Gasteiger partial charge in [-0.3, -0.25) is 9.36 Å². The van der Waals surface area contributed by atoms with Gasteiger partial charge in [0, 0.05) is 13.2 Å². The zero-order chi connectivity index (χ0) is 17.9. The number of aromatic nitrogens is 2. The fourth-order valence-corrected chi connectivity index (χ4v) is 2.94. The Bertz CT molecular complexity index is 1040. The van der Waals surface area contributed by atoms with Gasteiger partial charge in [0.15, 0.2) is 11.5 Å². The number of para-hydroxylation sites is 1. The fourth-order valence-electron chi connectivity index (χ4n) is 2.94. The van der Waals surface area contributed by atoms with Gasteiger partial charge in [-0.25, -0.2) is 4.98 Å². The first-order valence-corrected chi connectivity index (χ1v) is 8.44. The molecular formula is C20H18N2O4. The maximum Gasteiger partial charge on any atom is 0.261 e. The summed E-state index contributed by atoms with van der Waals surface area (Å²) in [6.07, 6.45) is 4.18. The molecule has 2 heterocycles. The number of benzene rings is 2. The summed E-state index contributed by atoms with van der Waals surface area (Å²) in [5, 5.41) is 9.72. The van der Waals surface area contributed by atoms with Crippen LogP contribution in [0.3, 0.4) is 0 Å². The third-order valence-electron chi connectivity index (χ3n) is 4.25. The van der Waals surface area contributed by atoms with Crippen molar-refractivity contribution in [2.75, 3.05) is 13.4 Å². The van der Waals surface area contributed by atoms with E-state index in [-0.39, 0.29) is 19.0 Å². The molecule has 4 rings (SSSR count). The summed E-state index contributed by atoms with van der Waals surface area (Å²) in [7, 11) is 0. The van der Waals surface area contributed by atoms with Crippen molar-refractivity contribution >= 4 is 23.1 Å². The van der Waals surface area contributed by atoms with Crippen molar-refractivity contribution in [3.05, 3.63) is 64.2 Å². The standard InChI is InChI=1S/C20H18N2O4/c23-11-3-10-22-19(21-16-5-2-1-4-15(16)20(22)24)9-7-14-6-8-17-18(12-14)26-13-25-17/h1-2,4-9,12,23H,3,10-11,13H2/b9-7+. The smallest absolute Gasteiger partial charge is 0.261 e. The SMILES string of the molecule is O=c1c2ccccc2nc(/C=C/c2ccc3c(c2)OCO3)n1CCCO. The Balaban J connectivity index is 1.75.